The Labute approximate surface area is 164 Å². The fraction of sp³-hybridized carbons (Fsp3) is 0.143. The van der Waals surface area contributed by atoms with Crippen LogP contribution in [0.2, 0.25) is 0 Å². The molecule has 0 aliphatic carbocycles. The molecule has 6 nitrogen and oxygen atoms in total. The predicted molar refractivity (Wildman–Crippen MR) is 107 cm³/mol. The molecule has 1 unspecified atom stereocenters. The number of hydrogen-bond donors (Lipinski definition) is 1. The standard InChI is InChI=1S/C21H15N3O3S/c25-20-18(28-21(26)24-20)10-13-4-6-17-16(9-13)23-19(27-17)11-12-3-5-15-14(8-12)2-1-7-22-15/h1-9,18H,10-11H2,(H,24,25,26). The highest BCUT2D eigenvalue weighted by Gasteiger charge is 2.31. The Kier molecular flexibility index (Phi) is 4.09. The number of nitrogens with one attached hydrogen (secondary N) is 1. The van der Waals surface area contributed by atoms with Gasteiger partial charge in [-0.3, -0.25) is 19.9 Å². The van der Waals surface area contributed by atoms with Gasteiger partial charge in [0.1, 0.15) is 5.52 Å². The van der Waals surface area contributed by atoms with Gasteiger partial charge in [0, 0.05) is 18.0 Å². The van der Waals surface area contributed by atoms with Gasteiger partial charge < -0.3 is 4.42 Å². The summed E-state index contributed by atoms with van der Waals surface area (Å²) in [5, 5.41) is 2.73. The molecule has 0 radical (unpaired) electrons. The molecule has 4 aromatic rings. The average molecular weight is 389 g/mol. The normalized spacial score (nSPS) is 16.8. The third-order valence-corrected chi connectivity index (χ3v) is 5.69. The SMILES string of the molecule is O=C1NC(=O)C(Cc2ccc3oc(Cc4ccc5ncccc5c4)nc3c2)S1. The highest BCUT2D eigenvalue weighted by Crippen LogP contribution is 2.26. The van der Waals surface area contributed by atoms with Crippen molar-refractivity contribution in [2.75, 3.05) is 0 Å². The summed E-state index contributed by atoms with van der Waals surface area (Å²) in [5.74, 6) is 0.403. The number of imide groups is 1. The van der Waals surface area contributed by atoms with Crippen molar-refractivity contribution in [1.29, 1.82) is 0 Å². The molecular weight excluding hydrogens is 374 g/mol. The fourth-order valence-electron chi connectivity index (χ4n) is 3.37. The first-order valence-electron chi connectivity index (χ1n) is 8.87. The minimum atomic E-state index is -0.387. The third-order valence-electron chi connectivity index (χ3n) is 4.71. The van der Waals surface area contributed by atoms with Gasteiger partial charge in [0.15, 0.2) is 11.5 Å². The summed E-state index contributed by atoms with van der Waals surface area (Å²) >= 11 is 1.03. The van der Waals surface area contributed by atoms with Crippen LogP contribution in [0.1, 0.15) is 17.0 Å². The zero-order chi connectivity index (χ0) is 19.1. The van der Waals surface area contributed by atoms with Gasteiger partial charge in [0.05, 0.1) is 10.8 Å². The van der Waals surface area contributed by atoms with E-state index in [4.69, 9.17) is 4.42 Å². The van der Waals surface area contributed by atoms with E-state index < -0.39 is 0 Å². The smallest absolute Gasteiger partial charge is 0.286 e. The first kappa shape index (κ1) is 16.9. The number of carbonyl (C=O) groups is 2. The summed E-state index contributed by atoms with van der Waals surface area (Å²) in [5.41, 5.74) is 4.47. The van der Waals surface area contributed by atoms with Gasteiger partial charge in [-0.05, 0) is 47.9 Å². The molecule has 0 bridgehead atoms. The summed E-state index contributed by atoms with van der Waals surface area (Å²) in [6.45, 7) is 0. The van der Waals surface area contributed by atoms with Gasteiger partial charge in [-0.2, -0.15) is 0 Å². The van der Waals surface area contributed by atoms with Crippen LogP contribution >= 0.6 is 11.8 Å². The molecule has 0 saturated carbocycles. The van der Waals surface area contributed by atoms with Crippen molar-refractivity contribution in [2.45, 2.75) is 18.1 Å². The van der Waals surface area contributed by atoms with Crippen molar-refractivity contribution < 1.29 is 14.0 Å². The number of carbonyl (C=O) groups excluding carboxylic acids is 2. The van der Waals surface area contributed by atoms with Gasteiger partial charge in [-0.25, -0.2) is 4.98 Å². The Morgan fingerprint density at radius 2 is 1.93 bits per heavy atom. The van der Waals surface area contributed by atoms with E-state index >= 15 is 0 Å². The van der Waals surface area contributed by atoms with Crippen LogP contribution in [0.15, 0.2) is 59.1 Å². The number of amides is 2. The van der Waals surface area contributed by atoms with Gasteiger partial charge in [0.25, 0.3) is 5.24 Å². The zero-order valence-electron chi connectivity index (χ0n) is 14.7. The third kappa shape index (κ3) is 3.25. The van der Waals surface area contributed by atoms with Crippen LogP contribution in [0, 0.1) is 0 Å². The molecular formula is C21H15N3O3S. The van der Waals surface area contributed by atoms with Crippen LogP contribution in [0.5, 0.6) is 0 Å². The summed E-state index contributed by atoms with van der Waals surface area (Å²) in [4.78, 5) is 32.0. The topological polar surface area (TPSA) is 85.1 Å². The summed E-state index contributed by atoms with van der Waals surface area (Å²) in [6.07, 6.45) is 2.85. The van der Waals surface area contributed by atoms with Crippen molar-refractivity contribution in [3.05, 3.63) is 71.7 Å². The highest BCUT2D eigenvalue weighted by atomic mass is 32.2. The van der Waals surface area contributed by atoms with E-state index in [0.717, 1.165) is 39.3 Å². The lowest BCUT2D eigenvalue weighted by Gasteiger charge is -2.04. The summed E-state index contributed by atoms with van der Waals surface area (Å²) < 4.78 is 5.88. The monoisotopic (exact) mass is 389 g/mol. The number of pyridine rings is 1. The Balaban J connectivity index is 1.38. The molecule has 1 fully saturated rings. The van der Waals surface area contributed by atoms with Crippen molar-refractivity contribution in [3.63, 3.8) is 0 Å². The van der Waals surface area contributed by atoms with E-state index in [2.05, 4.69) is 21.4 Å². The Morgan fingerprint density at radius 1 is 1.04 bits per heavy atom. The van der Waals surface area contributed by atoms with E-state index in [1.54, 1.807) is 6.20 Å². The average Bonchev–Trinajstić information content (AvgIpc) is 3.23. The molecule has 3 heterocycles. The maximum Gasteiger partial charge on any atom is 0.286 e. The minimum absolute atomic E-state index is 0.235. The van der Waals surface area contributed by atoms with Crippen LogP contribution < -0.4 is 5.32 Å². The zero-order valence-corrected chi connectivity index (χ0v) is 15.5. The molecule has 2 aromatic heterocycles. The van der Waals surface area contributed by atoms with Crippen LogP contribution in [-0.4, -0.2) is 26.4 Å². The van der Waals surface area contributed by atoms with E-state index in [9.17, 15) is 9.59 Å². The molecule has 1 atom stereocenters. The molecule has 138 valence electrons. The Morgan fingerprint density at radius 3 is 2.79 bits per heavy atom. The maximum atomic E-state index is 11.8. The molecule has 1 aliphatic heterocycles. The van der Waals surface area contributed by atoms with Crippen molar-refractivity contribution in [1.82, 2.24) is 15.3 Å². The summed E-state index contributed by atoms with van der Waals surface area (Å²) in [7, 11) is 0. The lowest BCUT2D eigenvalue weighted by Crippen LogP contribution is -2.25. The Hall–Kier alpha value is -3.19. The van der Waals surface area contributed by atoms with Gasteiger partial charge >= 0.3 is 0 Å². The van der Waals surface area contributed by atoms with E-state index in [-0.39, 0.29) is 16.4 Å². The molecule has 2 amide bonds. The number of fused-ring (bicyclic) bond motifs is 2. The molecule has 1 N–H and O–H groups in total. The molecule has 1 saturated heterocycles. The number of oxazole rings is 1. The van der Waals surface area contributed by atoms with E-state index in [1.807, 2.05) is 42.5 Å². The maximum absolute atomic E-state index is 11.8. The lowest BCUT2D eigenvalue weighted by molar-refractivity contribution is -0.118. The van der Waals surface area contributed by atoms with Crippen molar-refractivity contribution >= 4 is 44.9 Å². The molecule has 5 rings (SSSR count). The second kappa shape index (κ2) is 6.76. The first-order valence-corrected chi connectivity index (χ1v) is 9.75. The summed E-state index contributed by atoms with van der Waals surface area (Å²) in [6, 6.07) is 15.8. The number of nitrogens with zero attached hydrogens (tertiary/aromatic N) is 2. The van der Waals surface area contributed by atoms with Crippen LogP contribution in [-0.2, 0) is 17.6 Å². The second-order valence-corrected chi connectivity index (χ2v) is 7.88. The molecule has 7 heteroatoms. The minimum Gasteiger partial charge on any atom is -0.440 e. The number of aromatic nitrogens is 2. The van der Waals surface area contributed by atoms with Gasteiger partial charge in [-0.15, -0.1) is 0 Å². The fourth-order valence-corrected chi connectivity index (χ4v) is 4.23. The number of rotatable bonds is 4. The molecule has 0 spiro atoms. The molecule has 1 aliphatic rings. The number of thioether (sulfide) groups is 1. The predicted octanol–water partition coefficient (Wildman–Crippen LogP) is 3.86. The quantitative estimate of drug-likeness (QED) is 0.570. The van der Waals surface area contributed by atoms with Crippen LogP contribution in [0.3, 0.4) is 0 Å². The molecule has 2 aromatic carbocycles. The first-order chi connectivity index (χ1) is 13.6. The second-order valence-electron chi connectivity index (χ2n) is 6.70. The van der Waals surface area contributed by atoms with Crippen molar-refractivity contribution in [3.8, 4) is 0 Å². The van der Waals surface area contributed by atoms with Crippen LogP contribution in [0.4, 0.5) is 4.79 Å². The van der Waals surface area contributed by atoms with Gasteiger partial charge in [0.2, 0.25) is 5.91 Å². The van der Waals surface area contributed by atoms with E-state index in [0.29, 0.717) is 24.3 Å². The highest BCUT2D eigenvalue weighted by molar-refractivity contribution is 8.15. The lowest BCUT2D eigenvalue weighted by atomic mass is 10.1. The molecule has 28 heavy (non-hydrogen) atoms. The van der Waals surface area contributed by atoms with Gasteiger partial charge in [-0.1, -0.05) is 30.0 Å². The van der Waals surface area contributed by atoms with E-state index in [1.165, 1.54) is 0 Å². The van der Waals surface area contributed by atoms with Crippen molar-refractivity contribution in [2.24, 2.45) is 0 Å². The van der Waals surface area contributed by atoms with Crippen LogP contribution in [0.25, 0.3) is 22.0 Å². The number of benzene rings is 2. The number of hydrogen-bond acceptors (Lipinski definition) is 6. The largest absolute Gasteiger partial charge is 0.440 e. The Bertz CT molecular complexity index is 1230.